The molecule has 0 rings (SSSR count). The van der Waals surface area contributed by atoms with Crippen LogP contribution in [0.5, 0.6) is 0 Å². The third-order valence-corrected chi connectivity index (χ3v) is 17.2. The number of carbonyl (C=O) groups is 3. The van der Waals surface area contributed by atoms with Crippen molar-refractivity contribution in [3.8, 4) is 0 Å². The van der Waals surface area contributed by atoms with Crippen LogP contribution in [-0.4, -0.2) is 95.9 Å². The zero-order valence-corrected chi connectivity index (χ0v) is 60.2. The second-order valence-corrected chi connectivity index (χ2v) is 27.3. The van der Waals surface area contributed by atoms with Gasteiger partial charge in [0.2, 0.25) is 0 Å². The Morgan fingerprint density at radius 2 is 0.570 bits per heavy atom. The van der Waals surface area contributed by atoms with Gasteiger partial charge in [-0.1, -0.05) is 279 Å². The summed E-state index contributed by atoms with van der Waals surface area (Å²) in [5.41, 5.74) is 0. The fraction of sp³-hybridized carbons (Fsp3) is 0.747. The predicted molar refractivity (Wildman–Crippen MR) is 381 cm³/mol. The van der Waals surface area contributed by atoms with Crippen LogP contribution in [0, 0.1) is 0 Å². The number of ether oxygens (including phenoxy) is 3. The molecule has 0 radical (unpaired) electrons. The molecule has 0 aromatic heterocycles. The van der Waals surface area contributed by atoms with Crippen molar-refractivity contribution < 1.29 is 75.8 Å². The highest BCUT2D eigenvalue weighted by atomic mass is 31.2. The molecular weight excluding hydrogens is 1220 g/mol. The normalized spacial score (nSPS) is 14.7. The molecule has 0 saturated carbocycles. The Bertz CT molecular complexity index is 2080. The lowest BCUT2D eigenvalue weighted by molar-refractivity contribution is -0.161. The minimum absolute atomic E-state index is 0.102. The first kappa shape index (κ1) is 89.5. The molecule has 18 heteroatoms. The molecule has 0 aromatic rings. The average molecular weight is 1350 g/mol. The topological polar surface area (TPSA) is 231 Å². The first-order chi connectivity index (χ1) is 45.2. The monoisotopic (exact) mass is 1350 g/mol. The third-order valence-electron chi connectivity index (χ3n) is 15.3. The smallest absolute Gasteiger partial charge is 0.463 e. The number of unbranched alkanes of at least 4 members (excludes halogenated alkanes) is 30. The summed E-state index contributed by atoms with van der Waals surface area (Å²) >= 11 is 0. The number of carbonyl (C=O) groups excluding carboxylic acids is 3. The number of allylic oxidation sites excluding steroid dienone is 16. The lowest BCUT2D eigenvalue weighted by Crippen LogP contribution is -2.30. The molecule has 0 bridgehead atoms. The van der Waals surface area contributed by atoms with Crippen molar-refractivity contribution in [3.63, 3.8) is 0 Å². The van der Waals surface area contributed by atoms with Crippen LogP contribution in [0.1, 0.15) is 303 Å². The number of hydrogen-bond acceptors (Lipinski definition) is 14. The van der Waals surface area contributed by atoms with Crippen LogP contribution in [0.4, 0.5) is 0 Å². The predicted octanol–water partition coefficient (Wildman–Crippen LogP) is 20.6. The molecule has 0 spiro atoms. The number of esters is 3. The molecule has 0 heterocycles. The highest BCUT2D eigenvalue weighted by molar-refractivity contribution is 7.47. The van der Waals surface area contributed by atoms with E-state index in [1.54, 1.807) is 0 Å². The summed E-state index contributed by atoms with van der Waals surface area (Å²) in [6, 6.07) is 0. The van der Waals surface area contributed by atoms with E-state index in [4.69, 9.17) is 32.3 Å². The molecule has 16 nitrogen and oxygen atoms in total. The van der Waals surface area contributed by atoms with E-state index in [0.717, 1.165) is 128 Å². The van der Waals surface area contributed by atoms with E-state index in [1.807, 2.05) is 0 Å². The van der Waals surface area contributed by atoms with E-state index in [-0.39, 0.29) is 19.3 Å². The number of phosphoric acid groups is 2. The Balaban J connectivity index is 4.59. The van der Waals surface area contributed by atoms with Crippen LogP contribution in [0.3, 0.4) is 0 Å². The van der Waals surface area contributed by atoms with Crippen LogP contribution < -0.4 is 0 Å². The zero-order valence-electron chi connectivity index (χ0n) is 58.4. The Morgan fingerprint density at radius 3 is 0.925 bits per heavy atom. The maximum atomic E-state index is 12.9. The standard InChI is InChI=1S/C75H132O16P2/c1-4-7-10-13-16-19-22-25-28-30-31-32-33-34-35-36-37-39-42-43-46-49-52-55-58-61-73(78)85-64-70(76)65-87-92(81,82)88-66-71(77)67-89-93(83,84)90-69-72(91-75(80)63-60-57-54-51-48-45-40-27-24-21-18-15-12-9-6-3)68-86-74(79)62-59-56-53-50-47-44-41-38-29-26-23-20-17-14-11-8-5-2/h8,11,16-17,19-20,25-26,28-29,31-32,34-35,41,44,70-72,76-77H,4-7,9-10,12-15,18,21-24,27,30,33,36-40,42-43,45-69H2,1-3H3,(H,81,82)(H,83,84)/b11-8-,19-16-,20-17-,28-25-,29-26-,32-31-,35-34-,44-41-. The third kappa shape index (κ3) is 69.6. The SMILES string of the molecule is CC/C=C\C/C=C\C/C=C\C/C=C\CCCCCCC(=O)OCC(COP(=O)(O)OCC(O)COP(=O)(O)OCC(O)COC(=O)CCCCCCCCCCC/C=C\C/C=C\C/C=C\C/C=C\CCCCC)OC(=O)CCCCCCCCCCCCCCCCC. The van der Waals surface area contributed by atoms with Crippen LogP contribution in [0.15, 0.2) is 97.2 Å². The average Bonchev–Trinajstić information content (AvgIpc) is 3.14. The van der Waals surface area contributed by atoms with Gasteiger partial charge in [0.15, 0.2) is 6.10 Å². The highest BCUT2D eigenvalue weighted by Gasteiger charge is 2.29. The lowest BCUT2D eigenvalue weighted by Gasteiger charge is -2.21. The minimum atomic E-state index is -4.93. The van der Waals surface area contributed by atoms with E-state index in [0.29, 0.717) is 19.3 Å². The molecule has 0 saturated heterocycles. The number of rotatable bonds is 69. The summed E-state index contributed by atoms with van der Waals surface area (Å²) in [6.07, 6.45) is 75.9. The Kier molecular flexibility index (Phi) is 65.8. The van der Waals surface area contributed by atoms with Crippen molar-refractivity contribution in [2.24, 2.45) is 0 Å². The first-order valence-corrected chi connectivity index (χ1v) is 39.5. The van der Waals surface area contributed by atoms with Gasteiger partial charge in [0.1, 0.15) is 25.4 Å². The first-order valence-electron chi connectivity index (χ1n) is 36.5. The van der Waals surface area contributed by atoms with Crippen molar-refractivity contribution >= 4 is 33.6 Å². The highest BCUT2D eigenvalue weighted by Crippen LogP contribution is 2.45. The maximum Gasteiger partial charge on any atom is 0.472 e. The second-order valence-electron chi connectivity index (χ2n) is 24.4. The Hall–Kier alpha value is -3.53. The molecule has 0 amide bonds. The van der Waals surface area contributed by atoms with Gasteiger partial charge in [-0.2, -0.15) is 0 Å². The van der Waals surface area contributed by atoms with Gasteiger partial charge < -0.3 is 34.2 Å². The maximum absolute atomic E-state index is 12.9. The van der Waals surface area contributed by atoms with Crippen LogP contribution >= 0.6 is 15.6 Å². The summed E-state index contributed by atoms with van der Waals surface area (Å²) < 4.78 is 61.0. The van der Waals surface area contributed by atoms with Gasteiger partial charge >= 0.3 is 33.6 Å². The number of phosphoric ester groups is 2. The van der Waals surface area contributed by atoms with Gasteiger partial charge in [0.25, 0.3) is 0 Å². The van der Waals surface area contributed by atoms with Crippen molar-refractivity contribution in [1.82, 2.24) is 0 Å². The molecule has 4 N–H and O–H groups in total. The van der Waals surface area contributed by atoms with Gasteiger partial charge in [0, 0.05) is 19.3 Å². The lowest BCUT2D eigenvalue weighted by atomic mass is 10.0. The Labute approximate surface area is 565 Å². The largest absolute Gasteiger partial charge is 0.472 e. The van der Waals surface area contributed by atoms with E-state index >= 15 is 0 Å². The summed E-state index contributed by atoms with van der Waals surface area (Å²) in [5, 5.41) is 20.6. The molecular formula is C75H132O16P2. The molecule has 0 aliphatic heterocycles. The molecule has 93 heavy (non-hydrogen) atoms. The van der Waals surface area contributed by atoms with Crippen molar-refractivity contribution in [3.05, 3.63) is 97.2 Å². The second kappa shape index (κ2) is 68.4. The summed E-state index contributed by atoms with van der Waals surface area (Å²) in [4.78, 5) is 58.5. The van der Waals surface area contributed by atoms with Gasteiger partial charge in [-0.3, -0.25) is 32.5 Å². The summed E-state index contributed by atoms with van der Waals surface area (Å²) in [6.45, 7) is 2.52. The molecule has 538 valence electrons. The minimum Gasteiger partial charge on any atom is -0.463 e. The van der Waals surface area contributed by atoms with E-state index in [2.05, 4.69) is 118 Å². The molecule has 5 unspecified atom stereocenters. The summed E-state index contributed by atoms with van der Waals surface area (Å²) in [7, 11) is -9.78. The molecule has 0 aliphatic rings. The zero-order chi connectivity index (χ0) is 68.1. The van der Waals surface area contributed by atoms with Crippen molar-refractivity contribution in [2.45, 2.75) is 322 Å². The van der Waals surface area contributed by atoms with Crippen molar-refractivity contribution in [2.75, 3.05) is 39.6 Å². The fourth-order valence-electron chi connectivity index (χ4n) is 9.72. The van der Waals surface area contributed by atoms with Gasteiger partial charge in [-0.25, -0.2) is 9.13 Å². The van der Waals surface area contributed by atoms with Gasteiger partial charge in [-0.05, 0) is 103 Å². The number of aliphatic hydroxyl groups excluding tert-OH is 2. The molecule has 0 fully saturated rings. The van der Waals surface area contributed by atoms with Crippen LogP contribution in [-0.2, 0) is 55.8 Å². The van der Waals surface area contributed by atoms with Gasteiger partial charge in [-0.15, -0.1) is 0 Å². The van der Waals surface area contributed by atoms with E-state index in [1.165, 1.54) is 116 Å². The Morgan fingerprint density at radius 1 is 0.312 bits per heavy atom. The summed E-state index contributed by atoms with van der Waals surface area (Å²) in [5.74, 6) is -1.60. The van der Waals surface area contributed by atoms with Gasteiger partial charge in [0.05, 0.1) is 26.4 Å². The fourth-order valence-corrected chi connectivity index (χ4v) is 11.3. The van der Waals surface area contributed by atoms with E-state index < -0.39 is 91.5 Å². The number of hydrogen-bond donors (Lipinski definition) is 4. The number of aliphatic hydroxyl groups is 2. The van der Waals surface area contributed by atoms with Crippen LogP contribution in [0.25, 0.3) is 0 Å². The van der Waals surface area contributed by atoms with E-state index in [9.17, 15) is 43.5 Å². The van der Waals surface area contributed by atoms with Crippen LogP contribution in [0.2, 0.25) is 0 Å². The quantitative estimate of drug-likeness (QED) is 0.0146. The molecule has 0 aromatic carbocycles. The van der Waals surface area contributed by atoms with Crippen molar-refractivity contribution in [1.29, 1.82) is 0 Å². The molecule has 0 aliphatic carbocycles. The molecule has 5 atom stereocenters.